The Balaban J connectivity index is 1.42. The summed E-state index contributed by atoms with van der Waals surface area (Å²) < 4.78 is 45.8. The van der Waals surface area contributed by atoms with E-state index in [2.05, 4.69) is 25.2 Å². The molecule has 0 aliphatic rings. The number of anilines is 1. The zero-order valence-corrected chi connectivity index (χ0v) is 15.4. The molecule has 0 aliphatic heterocycles. The Hall–Kier alpha value is -3.88. The number of alkyl halides is 3. The van der Waals surface area contributed by atoms with Crippen molar-refractivity contribution in [1.29, 1.82) is 0 Å². The van der Waals surface area contributed by atoms with Gasteiger partial charge in [0.05, 0.1) is 6.20 Å². The first kappa shape index (κ1) is 19.4. The molecular formula is C21H15F3N4O2. The summed E-state index contributed by atoms with van der Waals surface area (Å²) in [5.41, 5.74) is 3.77. The average Bonchev–Trinajstić information content (AvgIpc) is 3.23. The lowest BCUT2D eigenvalue weighted by Gasteiger charge is -2.07. The van der Waals surface area contributed by atoms with Gasteiger partial charge in [-0.25, -0.2) is 4.98 Å². The van der Waals surface area contributed by atoms with Gasteiger partial charge in [0.15, 0.2) is 5.76 Å². The lowest BCUT2D eigenvalue weighted by Crippen LogP contribution is -2.17. The summed E-state index contributed by atoms with van der Waals surface area (Å²) in [5.74, 6) is -0.0669. The molecule has 0 spiro atoms. The highest BCUT2D eigenvalue weighted by atomic mass is 19.4. The SMILES string of the molecule is FC(F)(F)Oc1ccc(-c2cc(-c3ccc(NCc4cccnc4)cc3)no2)nc1. The van der Waals surface area contributed by atoms with Crippen molar-refractivity contribution in [1.82, 2.24) is 15.1 Å². The molecule has 9 heteroatoms. The maximum absolute atomic E-state index is 12.2. The van der Waals surface area contributed by atoms with Crippen molar-refractivity contribution < 1.29 is 22.4 Å². The summed E-state index contributed by atoms with van der Waals surface area (Å²) in [6.45, 7) is 0.654. The van der Waals surface area contributed by atoms with Gasteiger partial charge < -0.3 is 14.6 Å². The molecule has 0 saturated heterocycles. The van der Waals surface area contributed by atoms with E-state index in [1.54, 1.807) is 18.5 Å². The van der Waals surface area contributed by atoms with Gasteiger partial charge in [-0.2, -0.15) is 0 Å². The van der Waals surface area contributed by atoms with Gasteiger partial charge >= 0.3 is 6.36 Å². The lowest BCUT2D eigenvalue weighted by atomic mass is 10.1. The highest BCUT2D eigenvalue weighted by molar-refractivity contribution is 5.67. The molecule has 0 aliphatic carbocycles. The predicted octanol–water partition coefficient (Wildman–Crippen LogP) is 5.31. The van der Waals surface area contributed by atoms with Crippen LogP contribution in [0.4, 0.5) is 18.9 Å². The second-order valence-corrected chi connectivity index (χ2v) is 6.30. The molecule has 0 radical (unpaired) electrons. The minimum absolute atomic E-state index is 0.335. The Kier molecular flexibility index (Phi) is 5.34. The maximum atomic E-state index is 12.2. The summed E-state index contributed by atoms with van der Waals surface area (Å²) in [6, 6.07) is 15.7. The third-order valence-electron chi connectivity index (χ3n) is 4.13. The number of ether oxygens (including phenoxy) is 1. The first-order chi connectivity index (χ1) is 14.5. The molecule has 0 fully saturated rings. The van der Waals surface area contributed by atoms with Crippen LogP contribution in [-0.4, -0.2) is 21.5 Å². The van der Waals surface area contributed by atoms with Crippen LogP contribution >= 0.6 is 0 Å². The van der Waals surface area contributed by atoms with E-state index in [0.29, 0.717) is 23.7 Å². The number of nitrogens with zero attached hydrogens (tertiary/aromatic N) is 3. The number of aromatic nitrogens is 3. The fourth-order valence-corrected chi connectivity index (χ4v) is 2.72. The molecule has 4 rings (SSSR count). The third-order valence-corrected chi connectivity index (χ3v) is 4.13. The highest BCUT2D eigenvalue weighted by Gasteiger charge is 2.31. The smallest absolute Gasteiger partial charge is 0.404 e. The van der Waals surface area contributed by atoms with Gasteiger partial charge in [-0.05, 0) is 35.9 Å². The second kappa shape index (κ2) is 8.24. The molecule has 3 aromatic heterocycles. The minimum Gasteiger partial charge on any atom is -0.404 e. The standard InChI is InChI=1S/C21H15F3N4O2/c22-21(23,24)29-17-7-8-18(27-13-17)20-10-19(28-30-20)15-3-5-16(6-4-15)26-12-14-2-1-9-25-11-14/h1-11,13,26H,12H2. The van der Waals surface area contributed by atoms with Crippen molar-refractivity contribution in [2.24, 2.45) is 0 Å². The van der Waals surface area contributed by atoms with Crippen LogP contribution in [0.1, 0.15) is 5.56 Å². The number of rotatable bonds is 6. The van der Waals surface area contributed by atoms with Crippen LogP contribution in [-0.2, 0) is 6.54 Å². The molecular weight excluding hydrogens is 397 g/mol. The molecule has 0 atom stereocenters. The van der Waals surface area contributed by atoms with Crippen LogP contribution < -0.4 is 10.1 Å². The minimum atomic E-state index is -4.76. The maximum Gasteiger partial charge on any atom is 0.573 e. The van der Waals surface area contributed by atoms with E-state index in [-0.39, 0.29) is 0 Å². The topological polar surface area (TPSA) is 73.1 Å². The van der Waals surface area contributed by atoms with Crippen molar-refractivity contribution in [3.63, 3.8) is 0 Å². The molecule has 3 heterocycles. The Morgan fingerprint density at radius 1 is 0.967 bits per heavy atom. The molecule has 0 unspecified atom stereocenters. The van der Waals surface area contributed by atoms with Crippen molar-refractivity contribution in [3.8, 4) is 28.5 Å². The zero-order chi connectivity index (χ0) is 21.0. The fourth-order valence-electron chi connectivity index (χ4n) is 2.72. The summed E-state index contributed by atoms with van der Waals surface area (Å²) in [7, 11) is 0. The number of hydrogen-bond acceptors (Lipinski definition) is 6. The van der Waals surface area contributed by atoms with Crippen molar-refractivity contribution in [3.05, 3.63) is 78.8 Å². The van der Waals surface area contributed by atoms with Gasteiger partial charge in [0.2, 0.25) is 0 Å². The first-order valence-electron chi connectivity index (χ1n) is 8.88. The van der Waals surface area contributed by atoms with Crippen molar-refractivity contribution in [2.45, 2.75) is 12.9 Å². The molecule has 0 saturated carbocycles. The number of pyridine rings is 2. The Bertz CT molecular complexity index is 1100. The number of hydrogen-bond donors (Lipinski definition) is 1. The second-order valence-electron chi connectivity index (χ2n) is 6.30. The zero-order valence-electron chi connectivity index (χ0n) is 15.4. The summed E-state index contributed by atoms with van der Waals surface area (Å²) in [6.07, 6.45) is -0.256. The van der Waals surface area contributed by atoms with E-state index in [4.69, 9.17) is 4.52 Å². The molecule has 4 aromatic rings. The molecule has 6 nitrogen and oxygen atoms in total. The van der Waals surface area contributed by atoms with E-state index in [1.807, 2.05) is 36.4 Å². The largest absolute Gasteiger partial charge is 0.573 e. The van der Waals surface area contributed by atoms with Crippen LogP contribution in [0.3, 0.4) is 0 Å². The van der Waals surface area contributed by atoms with Crippen LogP contribution in [0.5, 0.6) is 5.75 Å². The molecule has 0 amide bonds. The van der Waals surface area contributed by atoms with E-state index in [1.165, 1.54) is 12.1 Å². The molecule has 0 bridgehead atoms. The predicted molar refractivity (Wildman–Crippen MR) is 103 cm³/mol. The Morgan fingerprint density at radius 3 is 2.47 bits per heavy atom. The van der Waals surface area contributed by atoms with Crippen molar-refractivity contribution in [2.75, 3.05) is 5.32 Å². The number of nitrogens with one attached hydrogen (secondary N) is 1. The molecule has 1 N–H and O–H groups in total. The molecule has 30 heavy (non-hydrogen) atoms. The van der Waals surface area contributed by atoms with Crippen LogP contribution in [0.2, 0.25) is 0 Å². The normalized spacial score (nSPS) is 11.3. The van der Waals surface area contributed by atoms with Gasteiger partial charge in [-0.1, -0.05) is 23.4 Å². The van der Waals surface area contributed by atoms with Gasteiger partial charge in [-0.3, -0.25) is 4.98 Å². The molecule has 152 valence electrons. The lowest BCUT2D eigenvalue weighted by molar-refractivity contribution is -0.274. The van der Waals surface area contributed by atoms with E-state index < -0.39 is 12.1 Å². The Labute approximate surface area is 169 Å². The van der Waals surface area contributed by atoms with Crippen LogP contribution in [0.15, 0.2) is 77.7 Å². The third kappa shape index (κ3) is 4.93. The highest BCUT2D eigenvalue weighted by Crippen LogP contribution is 2.28. The summed E-state index contributed by atoms with van der Waals surface area (Å²) in [5, 5.41) is 7.32. The van der Waals surface area contributed by atoms with Crippen LogP contribution in [0.25, 0.3) is 22.7 Å². The number of benzene rings is 1. The summed E-state index contributed by atoms with van der Waals surface area (Å²) in [4.78, 5) is 8.01. The van der Waals surface area contributed by atoms with Crippen molar-refractivity contribution >= 4 is 5.69 Å². The Morgan fingerprint density at radius 2 is 1.80 bits per heavy atom. The summed E-state index contributed by atoms with van der Waals surface area (Å²) >= 11 is 0. The van der Waals surface area contributed by atoms with Gasteiger partial charge in [-0.15, -0.1) is 13.2 Å². The van der Waals surface area contributed by atoms with Crippen LogP contribution in [0, 0.1) is 0 Å². The quantitative estimate of drug-likeness (QED) is 0.463. The van der Waals surface area contributed by atoms with Gasteiger partial charge in [0.25, 0.3) is 0 Å². The monoisotopic (exact) mass is 412 g/mol. The fraction of sp³-hybridized carbons (Fsp3) is 0.0952. The number of halogens is 3. The van der Waals surface area contributed by atoms with Gasteiger partial charge in [0, 0.05) is 36.3 Å². The van der Waals surface area contributed by atoms with Gasteiger partial charge in [0.1, 0.15) is 17.1 Å². The first-order valence-corrected chi connectivity index (χ1v) is 8.88. The van der Waals surface area contributed by atoms with E-state index >= 15 is 0 Å². The van der Waals surface area contributed by atoms with E-state index in [9.17, 15) is 13.2 Å². The van der Waals surface area contributed by atoms with E-state index in [0.717, 1.165) is 23.0 Å². The average molecular weight is 412 g/mol. The molecule has 1 aromatic carbocycles.